The molecule has 0 fully saturated rings. The van der Waals surface area contributed by atoms with Crippen molar-refractivity contribution in [2.45, 2.75) is 60.8 Å². The Balaban J connectivity index is 0.000000211. The zero-order valence-corrected chi connectivity index (χ0v) is 14.1. The van der Waals surface area contributed by atoms with E-state index in [1.54, 1.807) is 6.20 Å². The average Bonchev–Trinajstić information content (AvgIpc) is 2.50. The lowest BCUT2D eigenvalue weighted by atomic mass is 10.2. The highest BCUT2D eigenvalue weighted by Gasteiger charge is 1.99. The smallest absolute Gasteiger partial charge is 0.0616 e. The van der Waals surface area contributed by atoms with Crippen molar-refractivity contribution in [2.75, 3.05) is 0 Å². The maximum absolute atomic E-state index is 4.40. The van der Waals surface area contributed by atoms with Gasteiger partial charge in [0.05, 0.1) is 34.2 Å². The van der Waals surface area contributed by atoms with E-state index in [9.17, 15) is 0 Å². The summed E-state index contributed by atoms with van der Waals surface area (Å²) in [5.74, 6) is 0. The van der Waals surface area contributed by atoms with Gasteiger partial charge in [-0.05, 0) is 40.0 Å². The molecule has 0 amide bonds. The lowest BCUT2D eigenvalue weighted by Crippen LogP contribution is -1.98. The highest BCUT2D eigenvalue weighted by molar-refractivity contribution is 5.12. The summed E-state index contributed by atoms with van der Waals surface area (Å²) in [6.07, 6.45) is 6.58. The summed E-state index contributed by atoms with van der Waals surface area (Å²) in [5, 5.41) is 0. The third-order valence-corrected chi connectivity index (χ3v) is 3.30. The van der Waals surface area contributed by atoms with Crippen LogP contribution in [0, 0.1) is 20.8 Å². The van der Waals surface area contributed by atoms with Gasteiger partial charge in [0, 0.05) is 12.4 Å². The Morgan fingerprint density at radius 3 is 1.86 bits per heavy atom. The van der Waals surface area contributed by atoms with Gasteiger partial charge in [-0.25, -0.2) is 0 Å². The minimum Gasteiger partial charge on any atom is -0.258 e. The van der Waals surface area contributed by atoms with Crippen LogP contribution < -0.4 is 0 Å². The van der Waals surface area contributed by atoms with Crippen LogP contribution in [0.1, 0.15) is 54.9 Å². The average molecular weight is 286 g/mol. The molecule has 0 aliphatic rings. The first-order valence-electron chi connectivity index (χ1n) is 7.62. The van der Waals surface area contributed by atoms with Gasteiger partial charge in [0.1, 0.15) is 0 Å². The number of rotatable bonds is 3. The lowest BCUT2D eigenvalue weighted by molar-refractivity contribution is 0.901. The van der Waals surface area contributed by atoms with Crippen LogP contribution in [-0.2, 0) is 19.3 Å². The first-order chi connectivity index (χ1) is 10.0. The molecule has 0 aromatic carbocycles. The molecular formula is C17H26N4. The summed E-state index contributed by atoms with van der Waals surface area (Å²) < 4.78 is 0. The molecule has 0 saturated heterocycles. The number of hydrogen-bond donors (Lipinski definition) is 0. The molecule has 0 radical (unpaired) electrons. The Hall–Kier alpha value is -1.84. The van der Waals surface area contributed by atoms with Crippen LogP contribution in [-0.4, -0.2) is 19.9 Å². The molecule has 0 aliphatic heterocycles. The molecule has 0 saturated carbocycles. The van der Waals surface area contributed by atoms with Crippen molar-refractivity contribution >= 4 is 0 Å². The van der Waals surface area contributed by atoms with Gasteiger partial charge < -0.3 is 0 Å². The van der Waals surface area contributed by atoms with Gasteiger partial charge in [0.25, 0.3) is 0 Å². The third kappa shape index (κ3) is 5.21. The van der Waals surface area contributed by atoms with E-state index < -0.39 is 0 Å². The molecule has 2 aromatic rings. The van der Waals surface area contributed by atoms with E-state index in [0.717, 1.165) is 53.4 Å². The predicted octanol–water partition coefficient (Wildman–Crippen LogP) is 3.57. The van der Waals surface area contributed by atoms with Crippen molar-refractivity contribution in [3.8, 4) is 0 Å². The Labute approximate surface area is 128 Å². The third-order valence-electron chi connectivity index (χ3n) is 3.30. The van der Waals surface area contributed by atoms with Crippen molar-refractivity contribution < 1.29 is 0 Å². The summed E-state index contributed by atoms with van der Waals surface area (Å²) in [6, 6.07) is 0. The molecule has 4 heteroatoms. The number of hydrogen-bond acceptors (Lipinski definition) is 4. The van der Waals surface area contributed by atoms with Crippen LogP contribution in [0.2, 0.25) is 0 Å². The number of aromatic nitrogens is 4. The Kier molecular flexibility index (Phi) is 6.92. The summed E-state index contributed by atoms with van der Waals surface area (Å²) in [4.78, 5) is 17.2. The van der Waals surface area contributed by atoms with Crippen LogP contribution in [0.3, 0.4) is 0 Å². The SMILES string of the molecule is CCc1cnc(CC)c(C)n1.CCc1nc(C)cnc1C. The van der Waals surface area contributed by atoms with E-state index in [1.807, 2.05) is 27.0 Å². The second-order valence-corrected chi connectivity index (χ2v) is 5.00. The van der Waals surface area contributed by atoms with E-state index in [-0.39, 0.29) is 0 Å². The monoisotopic (exact) mass is 286 g/mol. The molecule has 0 bridgehead atoms. The highest BCUT2D eigenvalue weighted by atomic mass is 14.8. The summed E-state index contributed by atoms with van der Waals surface area (Å²) in [7, 11) is 0. The second-order valence-electron chi connectivity index (χ2n) is 5.00. The quantitative estimate of drug-likeness (QED) is 0.865. The maximum Gasteiger partial charge on any atom is 0.0616 e. The molecule has 0 spiro atoms. The molecular weight excluding hydrogens is 260 g/mol. The number of aryl methyl sites for hydroxylation is 6. The molecule has 2 aromatic heterocycles. The first kappa shape index (κ1) is 17.2. The van der Waals surface area contributed by atoms with E-state index in [2.05, 4.69) is 40.7 Å². The second kappa shape index (κ2) is 8.45. The summed E-state index contributed by atoms with van der Waals surface area (Å²) >= 11 is 0. The van der Waals surface area contributed by atoms with Crippen LogP contribution >= 0.6 is 0 Å². The van der Waals surface area contributed by atoms with Crippen molar-refractivity contribution in [3.63, 3.8) is 0 Å². The van der Waals surface area contributed by atoms with Crippen LogP contribution in [0.4, 0.5) is 0 Å². The molecule has 2 rings (SSSR count). The predicted molar refractivity (Wildman–Crippen MR) is 86.4 cm³/mol. The zero-order valence-electron chi connectivity index (χ0n) is 14.1. The standard InChI is InChI=1S/C9H14N2.C8H12N2/c1-4-8-6-10-9(5-2)7(3)11-8;1-4-8-7(3)9-5-6(2)10-8/h6H,4-5H2,1-3H3;5H,4H2,1-3H3. The van der Waals surface area contributed by atoms with Gasteiger partial charge in [-0.15, -0.1) is 0 Å². The Morgan fingerprint density at radius 2 is 1.38 bits per heavy atom. The van der Waals surface area contributed by atoms with Gasteiger partial charge >= 0.3 is 0 Å². The molecule has 0 N–H and O–H groups in total. The normalized spacial score (nSPS) is 10.0. The molecule has 0 unspecified atom stereocenters. The molecule has 21 heavy (non-hydrogen) atoms. The Morgan fingerprint density at radius 1 is 0.714 bits per heavy atom. The van der Waals surface area contributed by atoms with Gasteiger partial charge in [-0.2, -0.15) is 0 Å². The fourth-order valence-corrected chi connectivity index (χ4v) is 1.99. The maximum atomic E-state index is 4.40. The van der Waals surface area contributed by atoms with E-state index in [0.29, 0.717) is 0 Å². The minimum atomic E-state index is 0.970. The van der Waals surface area contributed by atoms with E-state index in [1.165, 1.54) is 0 Å². The van der Waals surface area contributed by atoms with Crippen molar-refractivity contribution in [3.05, 3.63) is 46.6 Å². The van der Waals surface area contributed by atoms with Gasteiger partial charge in [-0.3, -0.25) is 19.9 Å². The van der Waals surface area contributed by atoms with Gasteiger partial charge in [0.2, 0.25) is 0 Å². The van der Waals surface area contributed by atoms with Crippen molar-refractivity contribution in [1.29, 1.82) is 0 Å². The minimum absolute atomic E-state index is 0.970. The summed E-state index contributed by atoms with van der Waals surface area (Å²) in [6.45, 7) is 12.3. The first-order valence-corrected chi connectivity index (χ1v) is 7.62. The highest BCUT2D eigenvalue weighted by Crippen LogP contribution is 2.03. The van der Waals surface area contributed by atoms with Crippen molar-refractivity contribution in [1.82, 2.24) is 19.9 Å². The zero-order chi connectivity index (χ0) is 15.8. The Bertz CT molecular complexity index is 579. The molecule has 114 valence electrons. The van der Waals surface area contributed by atoms with Gasteiger partial charge in [-0.1, -0.05) is 20.8 Å². The fraction of sp³-hybridized carbons (Fsp3) is 0.529. The summed E-state index contributed by atoms with van der Waals surface area (Å²) in [5.41, 5.74) is 6.43. The van der Waals surface area contributed by atoms with Crippen LogP contribution in [0.5, 0.6) is 0 Å². The number of nitrogens with zero attached hydrogens (tertiary/aromatic N) is 4. The molecule has 2 heterocycles. The van der Waals surface area contributed by atoms with Crippen molar-refractivity contribution in [2.24, 2.45) is 0 Å². The largest absolute Gasteiger partial charge is 0.258 e. The van der Waals surface area contributed by atoms with Crippen LogP contribution in [0.15, 0.2) is 12.4 Å². The molecule has 4 nitrogen and oxygen atoms in total. The van der Waals surface area contributed by atoms with E-state index in [4.69, 9.17) is 0 Å². The van der Waals surface area contributed by atoms with Crippen LogP contribution in [0.25, 0.3) is 0 Å². The fourth-order valence-electron chi connectivity index (χ4n) is 1.99. The molecule has 0 aliphatic carbocycles. The molecule has 0 atom stereocenters. The lowest BCUT2D eigenvalue weighted by Gasteiger charge is -2.01. The van der Waals surface area contributed by atoms with Gasteiger partial charge in [0.15, 0.2) is 0 Å². The van der Waals surface area contributed by atoms with E-state index >= 15 is 0 Å². The topological polar surface area (TPSA) is 51.6 Å².